The summed E-state index contributed by atoms with van der Waals surface area (Å²) in [5.41, 5.74) is 2.01. The normalized spacial score (nSPS) is 13.9. The second-order valence-corrected chi connectivity index (χ2v) is 5.18. The maximum Gasteiger partial charge on any atom is 0.333 e. The van der Waals surface area contributed by atoms with Crippen LogP contribution in [-0.2, 0) is 16.1 Å². The summed E-state index contributed by atoms with van der Waals surface area (Å²) in [6.45, 7) is 2.14. The van der Waals surface area contributed by atoms with Crippen LogP contribution < -0.4 is 0 Å². The number of carbonyl (C=O) groups is 1. The Hall–Kier alpha value is -2.39. The molecule has 3 heteroatoms. The molecule has 114 valence electrons. The monoisotopic (exact) mass is 296 g/mol. The van der Waals surface area contributed by atoms with Crippen molar-refractivity contribution in [1.82, 2.24) is 0 Å². The third-order valence-corrected chi connectivity index (χ3v) is 3.39. The molecule has 0 heterocycles. The summed E-state index contributed by atoms with van der Waals surface area (Å²) in [7, 11) is 0. The number of carboxylic acid groups (broad SMARTS) is 1. The molecule has 0 aliphatic heterocycles. The summed E-state index contributed by atoms with van der Waals surface area (Å²) in [6, 6.07) is 19.4. The van der Waals surface area contributed by atoms with Crippen LogP contribution >= 0.6 is 0 Å². The van der Waals surface area contributed by atoms with Gasteiger partial charge in [-0.3, -0.25) is 0 Å². The Morgan fingerprint density at radius 2 is 1.68 bits per heavy atom. The van der Waals surface area contributed by atoms with Gasteiger partial charge in [-0.2, -0.15) is 0 Å². The number of hydrogen-bond donors (Lipinski definition) is 1. The molecular weight excluding hydrogens is 276 g/mol. The molecule has 2 aromatic carbocycles. The van der Waals surface area contributed by atoms with Crippen LogP contribution in [0.1, 0.15) is 18.1 Å². The number of ether oxygens (including phenoxy) is 1. The lowest BCUT2D eigenvalue weighted by Gasteiger charge is -2.18. The van der Waals surface area contributed by atoms with Crippen molar-refractivity contribution in [2.24, 2.45) is 5.92 Å². The zero-order valence-corrected chi connectivity index (χ0v) is 12.6. The smallest absolute Gasteiger partial charge is 0.333 e. The van der Waals surface area contributed by atoms with E-state index in [9.17, 15) is 9.90 Å². The molecule has 0 saturated carbocycles. The highest BCUT2D eigenvalue weighted by Crippen LogP contribution is 2.15. The SMILES string of the molecule is C[C@H](/C=C/c1ccccc1)[C@H](OCc1ccccc1)C(=O)O. The van der Waals surface area contributed by atoms with Crippen molar-refractivity contribution in [2.45, 2.75) is 19.6 Å². The minimum Gasteiger partial charge on any atom is -0.479 e. The van der Waals surface area contributed by atoms with Gasteiger partial charge in [-0.25, -0.2) is 4.79 Å². The number of benzene rings is 2. The summed E-state index contributed by atoms with van der Waals surface area (Å²) >= 11 is 0. The van der Waals surface area contributed by atoms with E-state index in [2.05, 4.69) is 0 Å². The average molecular weight is 296 g/mol. The first-order valence-electron chi connectivity index (χ1n) is 7.28. The zero-order valence-electron chi connectivity index (χ0n) is 12.6. The fourth-order valence-corrected chi connectivity index (χ4v) is 2.14. The molecule has 22 heavy (non-hydrogen) atoms. The van der Waals surface area contributed by atoms with Crippen molar-refractivity contribution < 1.29 is 14.6 Å². The van der Waals surface area contributed by atoms with E-state index in [1.807, 2.05) is 79.7 Å². The van der Waals surface area contributed by atoms with Crippen molar-refractivity contribution in [1.29, 1.82) is 0 Å². The minimum atomic E-state index is -0.943. The molecule has 0 saturated heterocycles. The Balaban J connectivity index is 1.98. The Morgan fingerprint density at radius 1 is 1.09 bits per heavy atom. The van der Waals surface area contributed by atoms with Gasteiger partial charge in [0, 0.05) is 5.92 Å². The summed E-state index contributed by atoms with van der Waals surface area (Å²) in [4.78, 5) is 11.4. The van der Waals surface area contributed by atoms with E-state index in [1.165, 1.54) is 0 Å². The van der Waals surface area contributed by atoms with Gasteiger partial charge in [0.15, 0.2) is 6.10 Å². The van der Waals surface area contributed by atoms with Crippen LogP contribution in [0.5, 0.6) is 0 Å². The second kappa shape index (κ2) is 8.15. The Kier molecular flexibility index (Phi) is 5.92. The largest absolute Gasteiger partial charge is 0.479 e. The molecule has 3 nitrogen and oxygen atoms in total. The number of aliphatic carboxylic acids is 1. The summed E-state index contributed by atoms with van der Waals surface area (Å²) in [5, 5.41) is 9.36. The van der Waals surface area contributed by atoms with Gasteiger partial charge in [0.2, 0.25) is 0 Å². The predicted molar refractivity (Wildman–Crippen MR) is 87.3 cm³/mol. The number of hydrogen-bond acceptors (Lipinski definition) is 2. The fourth-order valence-electron chi connectivity index (χ4n) is 2.14. The highest BCUT2D eigenvalue weighted by Gasteiger charge is 2.23. The Bertz CT molecular complexity index is 605. The predicted octanol–water partition coefficient (Wildman–Crippen LogP) is 4.01. The molecule has 0 bridgehead atoms. The zero-order chi connectivity index (χ0) is 15.8. The molecule has 0 amide bonds. The van der Waals surface area contributed by atoms with Gasteiger partial charge in [0.1, 0.15) is 0 Å². The molecule has 0 spiro atoms. The third-order valence-electron chi connectivity index (χ3n) is 3.39. The molecular formula is C19H20O3. The number of carboxylic acids is 1. The quantitative estimate of drug-likeness (QED) is 0.840. The van der Waals surface area contributed by atoms with Crippen LogP contribution in [0.2, 0.25) is 0 Å². The van der Waals surface area contributed by atoms with Crippen LogP contribution in [0, 0.1) is 5.92 Å². The maximum atomic E-state index is 11.4. The van der Waals surface area contributed by atoms with Gasteiger partial charge in [-0.15, -0.1) is 0 Å². The summed E-state index contributed by atoms with van der Waals surface area (Å²) < 4.78 is 5.59. The molecule has 2 rings (SSSR count). The minimum absolute atomic E-state index is 0.221. The van der Waals surface area contributed by atoms with E-state index >= 15 is 0 Å². The highest BCUT2D eigenvalue weighted by atomic mass is 16.5. The van der Waals surface area contributed by atoms with E-state index < -0.39 is 12.1 Å². The molecule has 1 N–H and O–H groups in total. The van der Waals surface area contributed by atoms with Gasteiger partial charge in [-0.05, 0) is 11.1 Å². The van der Waals surface area contributed by atoms with E-state index in [1.54, 1.807) is 0 Å². The summed E-state index contributed by atoms with van der Waals surface area (Å²) in [6.07, 6.45) is 2.94. The lowest BCUT2D eigenvalue weighted by Crippen LogP contribution is -2.29. The standard InChI is InChI=1S/C19H20O3/c1-15(12-13-16-8-4-2-5-9-16)18(19(20)21)22-14-17-10-6-3-7-11-17/h2-13,15,18H,14H2,1H3,(H,20,21)/b13-12+/t15-,18+/m1/s1. The van der Waals surface area contributed by atoms with E-state index in [0.29, 0.717) is 6.61 Å². The van der Waals surface area contributed by atoms with E-state index in [-0.39, 0.29) is 5.92 Å². The van der Waals surface area contributed by atoms with Gasteiger partial charge >= 0.3 is 5.97 Å². The van der Waals surface area contributed by atoms with Crippen LogP contribution in [-0.4, -0.2) is 17.2 Å². The lowest BCUT2D eigenvalue weighted by molar-refractivity contribution is -0.153. The molecule has 0 fully saturated rings. The number of rotatable bonds is 7. The first-order valence-corrected chi connectivity index (χ1v) is 7.28. The van der Waals surface area contributed by atoms with Crippen molar-refractivity contribution >= 4 is 12.0 Å². The van der Waals surface area contributed by atoms with Crippen molar-refractivity contribution in [3.05, 3.63) is 77.9 Å². The molecule has 0 radical (unpaired) electrons. The van der Waals surface area contributed by atoms with Gasteiger partial charge in [-0.1, -0.05) is 79.7 Å². The third kappa shape index (κ3) is 4.86. The molecule has 0 aliphatic carbocycles. The van der Waals surface area contributed by atoms with Gasteiger partial charge < -0.3 is 9.84 Å². The average Bonchev–Trinajstić information content (AvgIpc) is 2.55. The first kappa shape index (κ1) is 16.0. The molecule has 0 aromatic heterocycles. The van der Waals surface area contributed by atoms with E-state index in [0.717, 1.165) is 11.1 Å². The Labute approximate surface area is 130 Å². The van der Waals surface area contributed by atoms with Crippen LogP contribution in [0.3, 0.4) is 0 Å². The van der Waals surface area contributed by atoms with Crippen molar-refractivity contribution in [2.75, 3.05) is 0 Å². The maximum absolute atomic E-state index is 11.4. The molecule has 0 unspecified atom stereocenters. The Morgan fingerprint density at radius 3 is 2.27 bits per heavy atom. The van der Waals surface area contributed by atoms with Gasteiger partial charge in [0.05, 0.1) is 6.61 Å². The van der Waals surface area contributed by atoms with Crippen LogP contribution in [0.25, 0.3) is 6.08 Å². The van der Waals surface area contributed by atoms with Crippen molar-refractivity contribution in [3.63, 3.8) is 0 Å². The van der Waals surface area contributed by atoms with Gasteiger partial charge in [0.25, 0.3) is 0 Å². The van der Waals surface area contributed by atoms with Crippen molar-refractivity contribution in [3.8, 4) is 0 Å². The molecule has 2 atom stereocenters. The highest BCUT2D eigenvalue weighted by molar-refractivity contribution is 5.73. The lowest BCUT2D eigenvalue weighted by atomic mass is 10.0. The first-order chi connectivity index (χ1) is 10.7. The van der Waals surface area contributed by atoms with E-state index in [4.69, 9.17) is 4.74 Å². The summed E-state index contributed by atoms with van der Waals surface area (Å²) in [5.74, 6) is -1.16. The topological polar surface area (TPSA) is 46.5 Å². The fraction of sp³-hybridized carbons (Fsp3) is 0.211. The molecule has 0 aliphatic rings. The van der Waals surface area contributed by atoms with Crippen LogP contribution in [0.15, 0.2) is 66.7 Å². The second-order valence-electron chi connectivity index (χ2n) is 5.18. The molecule has 2 aromatic rings. The van der Waals surface area contributed by atoms with Crippen LogP contribution in [0.4, 0.5) is 0 Å².